The molecule has 0 spiro atoms. The van der Waals surface area contributed by atoms with Gasteiger partial charge in [-0.1, -0.05) is 6.07 Å². The summed E-state index contributed by atoms with van der Waals surface area (Å²) in [4.78, 5) is 26.1. The van der Waals surface area contributed by atoms with Gasteiger partial charge in [0.05, 0.1) is 24.9 Å². The Morgan fingerprint density at radius 3 is 2.95 bits per heavy atom. The summed E-state index contributed by atoms with van der Waals surface area (Å²) in [5, 5.41) is 5.86. The Bertz CT molecular complexity index is 632. The number of fused-ring (bicyclic) bond motifs is 1. The number of primary amides is 1. The molecule has 0 bridgehead atoms. The molecule has 2 N–H and O–H groups in total. The smallest absolute Gasteiger partial charge is 0.339 e. The minimum atomic E-state index is -0.617. The van der Waals surface area contributed by atoms with Gasteiger partial charge in [-0.3, -0.25) is 4.79 Å². The number of nitrogens with two attached hydrogens (primary N) is 1. The van der Waals surface area contributed by atoms with Crippen LogP contribution < -0.4 is 5.73 Å². The molecule has 0 fully saturated rings. The number of amides is 2. The minimum Gasteiger partial charge on any atom is -0.350 e. The van der Waals surface area contributed by atoms with Crippen LogP contribution in [0.25, 0.3) is 0 Å². The molecule has 0 saturated carbocycles. The zero-order chi connectivity index (χ0) is 13.4. The van der Waals surface area contributed by atoms with Gasteiger partial charge in [-0.2, -0.15) is 9.78 Å². The molecule has 3 heterocycles. The van der Waals surface area contributed by atoms with Gasteiger partial charge >= 0.3 is 6.03 Å². The van der Waals surface area contributed by atoms with Crippen LogP contribution in [0, 0.1) is 0 Å². The molecule has 2 amide bonds. The first kappa shape index (κ1) is 11.9. The molecule has 0 aliphatic carbocycles. The Morgan fingerprint density at radius 1 is 1.42 bits per heavy atom. The van der Waals surface area contributed by atoms with Crippen molar-refractivity contribution in [2.45, 2.75) is 19.5 Å². The fourth-order valence-electron chi connectivity index (χ4n) is 2.19. The maximum absolute atomic E-state index is 12.1. The van der Waals surface area contributed by atoms with E-state index in [9.17, 15) is 9.59 Å². The fraction of sp³-hybridized carbons (Fsp3) is 0.250. The summed E-state index contributed by atoms with van der Waals surface area (Å²) in [5.41, 5.74) is 6.82. The monoisotopic (exact) mass is 276 g/mol. The molecule has 1 aliphatic rings. The fourth-order valence-corrected chi connectivity index (χ4v) is 2.89. The highest BCUT2D eigenvalue weighted by Gasteiger charge is 2.28. The zero-order valence-electron chi connectivity index (χ0n) is 10.1. The van der Waals surface area contributed by atoms with Crippen LogP contribution in [0.3, 0.4) is 0 Å². The maximum Gasteiger partial charge on any atom is 0.339 e. The molecule has 19 heavy (non-hydrogen) atoms. The van der Waals surface area contributed by atoms with E-state index in [4.69, 9.17) is 5.73 Å². The van der Waals surface area contributed by atoms with Gasteiger partial charge in [-0.15, -0.1) is 11.3 Å². The van der Waals surface area contributed by atoms with E-state index in [0.29, 0.717) is 25.2 Å². The summed E-state index contributed by atoms with van der Waals surface area (Å²) in [6.45, 7) is 0.884. The van der Waals surface area contributed by atoms with E-state index in [2.05, 4.69) is 5.10 Å². The summed E-state index contributed by atoms with van der Waals surface area (Å²) < 4.78 is 1.16. The number of carbonyl (C=O) groups excluding carboxylic acids is 2. The van der Waals surface area contributed by atoms with E-state index in [-0.39, 0.29) is 5.91 Å². The van der Waals surface area contributed by atoms with Crippen molar-refractivity contribution in [3.8, 4) is 0 Å². The lowest BCUT2D eigenvalue weighted by Gasteiger charge is -2.15. The first-order valence-electron chi connectivity index (χ1n) is 5.81. The number of rotatable bonds is 2. The van der Waals surface area contributed by atoms with Crippen molar-refractivity contribution in [2.24, 2.45) is 5.73 Å². The molecule has 0 aromatic carbocycles. The summed E-state index contributed by atoms with van der Waals surface area (Å²) >= 11 is 1.56. The molecule has 2 aromatic heterocycles. The molecule has 1 aliphatic heterocycles. The molecule has 6 nitrogen and oxygen atoms in total. The van der Waals surface area contributed by atoms with Gasteiger partial charge in [0.25, 0.3) is 0 Å². The number of hydrogen-bond acceptors (Lipinski definition) is 4. The second-order valence-electron chi connectivity index (χ2n) is 4.37. The van der Waals surface area contributed by atoms with E-state index >= 15 is 0 Å². The van der Waals surface area contributed by atoms with Gasteiger partial charge in [-0.25, -0.2) is 4.79 Å². The van der Waals surface area contributed by atoms with Crippen LogP contribution in [0.1, 0.15) is 16.1 Å². The second kappa shape index (κ2) is 4.51. The van der Waals surface area contributed by atoms with Crippen molar-refractivity contribution in [3.63, 3.8) is 0 Å². The number of aromatic nitrogens is 2. The van der Waals surface area contributed by atoms with E-state index in [0.717, 1.165) is 15.1 Å². The first-order chi connectivity index (χ1) is 9.15. The average Bonchev–Trinajstić information content (AvgIpc) is 3.02. The summed E-state index contributed by atoms with van der Waals surface area (Å²) in [5.74, 6) is 0.0506. The highest BCUT2D eigenvalue weighted by Crippen LogP contribution is 2.23. The maximum atomic E-state index is 12.1. The number of thiophene rings is 1. The van der Waals surface area contributed by atoms with Crippen molar-refractivity contribution >= 4 is 23.3 Å². The largest absolute Gasteiger partial charge is 0.350 e. The highest BCUT2D eigenvalue weighted by atomic mass is 32.1. The molecule has 0 saturated heterocycles. The average molecular weight is 276 g/mol. The van der Waals surface area contributed by atoms with Crippen LogP contribution >= 0.6 is 11.3 Å². The third kappa shape index (κ3) is 2.12. The molecule has 0 unspecified atom stereocenters. The number of carbonyl (C=O) groups is 2. The van der Waals surface area contributed by atoms with Crippen LogP contribution in [0.4, 0.5) is 4.79 Å². The lowest BCUT2D eigenvalue weighted by molar-refractivity contribution is -0.131. The van der Waals surface area contributed by atoms with Gasteiger partial charge in [0, 0.05) is 17.0 Å². The van der Waals surface area contributed by atoms with Crippen molar-refractivity contribution in [1.82, 2.24) is 14.7 Å². The van der Waals surface area contributed by atoms with Crippen LogP contribution in [0.2, 0.25) is 0 Å². The SMILES string of the molecule is NC(=O)n1ncc2c1CN(C(=O)Cc1cccs1)C2. The zero-order valence-corrected chi connectivity index (χ0v) is 10.9. The predicted molar refractivity (Wildman–Crippen MR) is 69.5 cm³/mol. The minimum absolute atomic E-state index is 0.0506. The summed E-state index contributed by atoms with van der Waals surface area (Å²) in [6, 6.07) is 3.25. The van der Waals surface area contributed by atoms with Crippen LogP contribution in [-0.2, 0) is 24.3 Å². The summed E-state index contributed by atoms with van der Waals surface area (Å²) in [6.07, 6.45) is 1.99. The molecular formula is C12H12N4O2S. The van der Waals surface area contributed by atoms with Crippen molar-refractivity contribution in [2.75, 3.05) is 0 Å². The second-order valence-corrected chi connectivity index (χ2v) is 5.40. The lowest BCUT2D eigenvalue weighted by Crippen LogP contribution is -2.29. The van der Waals surface area contributed by atoms with Gasteiger partial charge < -0.3 is 10.6 Å². The first-order valence-corrected chi connectivity index (χ1v) is 6.69. The Balaban J connectivity index is 1.73. The molecule has 7 heteroatoms. The third-order valence-corrected chi connectivity index (χ3v) is 4.00. The van der Waals surface area contributed by atoms with E-state index in [1.54, 1.807) is 22.4 Å². The molecule has 2 aromatic rings. The van der Waals surface area contributed by atoms with E-state index in [1.807, 2.05) is 17.5 Å². The van der Waals surface area contributed by atoms with Gasteiger partial charge in [0.15, 0.2) is 0 Å². The Labute approximate surface area is 113 Å². The van der Waals surface area contributed by atoms with Crippen LogP contribution in [0.5, 0.6) is 0 Å². The van der Waals surface area contributed by atoms with Crippen LogP contribution in [0.15, 0.2) is 23.7 Å². The number of nitrogens with zero attached hydrogens (tertiary/aromatic N) is 3. The van der Waals surface area contributed by atoms with Crippen LogP contribution in [-0.4, -0.2) is 26.6 Å². The number of hydrogen-bond donors (Lipinski definition) is 1. The van der Waals surface area contributed by atoms with E-state index in [1.165, 1.54) is 0 Å². The Morgan fingerprint density at radius 2 is 2.26 bits per heavy atom. The van der Waals surface area contributed by atoms with E-state index < -0.39 is 6.03 Å². The summed E-state index contributed by atoms with van der Waals surface area (Å²) in [7, 11) is 0. The molecule has 3 rings (SSSR count). The standard InChI is InChI=1S/C12H12N4O2S/c13-12(18)16-10-7-15(6-8(10)5-14-16)11(17)4-9-2-1-3-19-9/h1-3,5H,4,6-7H2,(H2,13,18). The van der Waals surface area contributed by atoms with Crippen molar-refractivity contribution < 1.29 is 9.59 Å². The molecule has 0 radical (unpaired) electrons. The third-order valence-electron chi connectivity index (χ3n) is 3.12. The Hall–Kier alpha value is -2.15. The Kier molecular flexibility index (Phi) is 2.83. The van der Waals surface area contributed by atoms with Gasteiger partial charge in [0.2, 0.25) is 5.91 Å². The van der Waals surface area contributed by atoms with Gasteiger partial charge in [-0.05, 0) is 11.4 Å². The van der Waals surface area contributed by atoms with Crippen molar-refractivity contribution in [3.05, 3.63) is 39.8 Å². The normalized spacial score (nSPS) is 13.6. The van der Waals surface area contributed by atoms with Gasteiger partial charge in [0.1, 0.15) is 0 Å². The highest BCUT2D eigenvalue weighted by molar-refractivity contribution is 7.10. The molecule has 98 valence electrons. The topological polar surface area (TPSA) is 81.2 Å². The lowest BCUT2D eigenvalue weighted by atomic mass is 10.3. The quantitative estimate of drug-likeness (QED) is 0.887. The predicted octanol–water partition coefficient (Wildman–Crippen LogP) is 0.956. The molecule has 0 atom stereocenters. The molecular weight excluding hydrogens is 264 g/mol. The van der Waals surface area contributed by atoms with Crippen molar-refractivity contribution in [1.29, 1.82) is 0 Å².